The van der Waals surface area contributed by atoms with Crippen LogP contribution in [0.15, 0.2) is 10.6 Å². The van der Waals surface area contributed by atoms with Crippen LogP contribution in [0.2, 0.25) is 0 Å². The number of carbonyl (C=O) groups excluding carboxylic acids is 2. The van der Waals surface area contributed by atoms with E-state index in [0.29, 0.717) is 17.5 Å². The first-order chi connectivity index (χ1) is 11.3. The summed E-state index contributed by atoms with van der Waals surface area (Å²) in [6.45, 7) is 9.95. The second-order valence-electron chi connectivity index (χ2n) is 6.56. The molecule has 1 heterocycles. The van der Waals surface area contributed by atoms with Crippen molar-refractivity contribution >= 4 is 29.4 Å². The molecule has 0 unspecified atom stereocenters. The van der Waals surface area contributed by atoms with Crippen LogP contribution < -0.4 is 10.6 Å². The van der Waals surface area contributed by atoms with Crippen molar-refractivity contribution in [2.24, 2.45) is 5.92 Å². The van der Waals surface area contributed by atoms with Gasteiger partial charge in [-0.3, -0.25) is 9.59 Å². The molecule has 2 amide bonds. The summed E-state index contributed by atoms with van der Waals surface area (Å²) in [5, 5.41) is 9.03. The minimum atomic E-state index is -0.344. The molecule has 6 nitrogen and oxygen atoms in total. The third-order valence-electron chi connectivity index (χ3n) is 3.54. The highest BCUT2D eigenvalue weighted by Crippen LogP contribution is 2.14. The summed E-state index contributed by atoms with van der Waals surface area (Å²) in [5.41, 5.74) is 0. The zero-order valence-corrected chi connectivity index (χ0v) is 16.0. The van der Waals surface area contributed by atoms with Crippen LogP contribution in [0, 0.1) is 12.8 Å². The van der Waals surface area contributed by atoms with Crippen molar-refractivity contribution in [3.05, 3.63) is 11.8 Å². The SMILES string of the molecule is Cc1cc(NC(=O)[C@H](C)SCC(=O)N[C@@H](C)CCCC(C)C)no1. The van der Waals surface area contributed by atoms with E-state index in [4.69, 9.17) is 4.52 Å². The maximum atomic E-state index is 12.0. The first-order valence-electron chi connectivity index (χ1n) is 8.43. The van der Waals surface area contributed by atoms with Crippen molar-refractivity contribution in [1.82, 2.24) is 10.5 Å². The van der Waals surface area contributed by atoms with E-state index in [9.17, 15) is 9.59 Å². The van der Waals surface area contributed by atoms with E-state index >= 15 is 0 Å². The Balaban J connectivity index is 2.23. The third-order valence-corrected chi connectivity index (χ3v) is 4.68. The Morgan fingerprint density at radius 2 is 1.96 bits per heavy atom. The molecule has 1 aromatic rings. The largest absolute Gasteiger partial charge is 0.360 e. The van der Waals surface area contributed by atoms with Gasteiger partial charge < -0.3 is 15.2 Å². The van der Waals surface area contributed by atoms with E-state index in [-0.39, 0.29) is 28.9 Å². The van der Waals surface area contributed by atoms with Gasteiger partial charge in [0, 0.05) is 12.1 Å². The highest BCUT2D eigenvalue weighted by molar-refractivity contribution is 8.01. The van der Waals surface area contributed by atoms with Crippen LogP contribution in [0.25, 0.3) is 0 Å². The molecular weight excluding hydrogens is 326 g/mol. The fraction of sp³-hybridized carbons (Fsp3) is 0.706. The summed E-state index contributed by atoms with van der Waals surface area (Å²) in [6.07, 6.45) is 3.27. The molecule has 1 rings (SSSR count). The predicted molar refractivity (Wildman–Crippen MR) is 98.1 cm³/mol. The zero-order chi connectivity index (χ0) is 18.1. The number of rotatable bonds is 10. The Morgan fingerprint density at radius 3 is 2.54 bits per heavy atom. The van der Waals surface area contributed by atoms with Crippen molar-refractivity contribution < 1.29 is 14.1 Å². The van der Waals surface area contributed by atoms with Crippen molar-refractivity contribution in [1.29, 1.82) is 0 Å². The van der Waals surface area contributed by atoms with E-state index < -0.39 is 0 Å². The van der Waals surface area contributed by atoms with Crippen molar-refractivity contribution in [2.45, 2.75) is 65.2 Å². The Hall–Kier alpha value is -1.50. The van der Waals surface area contributed by atoms with Crippen LogP contribution in [0.5, 0.6) is 0 Å². The maximum absolute atomic E-state index is 12.0. The molecule has 7 heteroatoms. The lowest BCUT2D eigenvalue weighted by molar-refractivity contribution is -0.119. The maximum Gasteiger partial charge on any atom is 0.238 e. The highest BCUT2D eigenvalue weighted by atomic mass is 32.2. The standard InChI is InChI=1S/C17H29N3O3S/c1-11(2)7-6-8-12(3)18-16(21)10-24-14(5)17(22)19-15-9-13(4)23-20-15/h9,11-12,14H,6-8,10H2,1-5H3,(H,18,21)(H,19,20,22)/t12-,14-/m0/s1. The molecular formula is C17H29N3O3S. The van der Waals surface area contributed by atoms with E-state index in [2.05, 4.69) is 29.6 Å². The number of aromatic nitrogens is 1. The molecule has 0 bridgehead atoms. The quantitative estimate of drug-likeness (QED) is 0.672. The van der Waals surface area contributed by atoms with Gasteiger partial charge in [-0.05, 0) is 33.1 Å². The molecule has 0 aromatic carbocycles. The third kappa shape index (κ3) is 8.38. The van der Waals surface area contributed by atoms with Gasteiger partial charge in [-0.2, -0.15) is 0 Å². The van der Waals surface area contributed by atoms with E-state index in [1.165, 1.54) is 18.2 Å². The number of carbonyl (C=O) groups is 2. The van der Waals surface area contributed by atoms with Gasteiger partial charge in [0.1, 0.15) is 5.76 Å². The molecule has 0 spiro atoms. The average Bonchev–Trinajstić information content (AvgIpc) is 2.89. The Morgan fingerprint density at radius 1 is 1.25 bits per heavy atom. The minimum Gasteiger partial charge on any atom is -0.360 e. The molecule has 1 aromatic heterocycles. The summed E-state index contributed by atoms with van der Waals surface area (Å²) in [6, 6.07) is 1.82. The molecule has 24 heavy (non-hydrogen) atoms. The van der Waals surface area contributed by atoms with Crippen LogP contribution in [0.3, 0.4) is 0 Å². The fourth-order valence-electron chi connectivity index (χ4n) is 2.15. The molecule has 0 radical (unpaired) electrons. The molecule has 2 N–H and O–H groups in total. The van der Waals surface area contributed by atoms with Gasteiger partial charge in [0.15, 0.2) is 5.82 Å². The number of nitrogens with one attached hydrogen (secondary N) is 2. The Labute approximate surface area is 148 Å². The summed E-state index contributed by atoms with van der Waals surface area (Å²) >= 11 is 1.31. The Bertz CT molecular complexity index is 531. The lowest BCUT2D eigenvalue weighted by Crippen LogP contribution is -2.35. The monoisotopic (exact) mass is 355 g/mol. The molecule has 2 atom stereocenters. The molecule has 0 saturated heterocycles. The van der Waals surface area contributed by atoms with Gasteiger partial charge in [-0.15, -0.1) is 11.8 Å². The van der Waals surface area contributed by atoms with E-state index in [1.807, 2.05) is 6.92 Å². The summed E-state index contributed by atoms with van der Waals surface area (Å²) in [7, 11) is 0. The number of anilines is 1. The van der Waals surface area contributed by atoms with E-state index in [0.717, 1.165) is 12.8 Å². The topological polar surface area (TPSA) is 84.2 Å². The van der Waals surface area contributed by atoms with Crippen molar-refractivity contribution in [3.63, 3.8) is 0 Å². The van der Waals surface area contributed by atoms with Gasteiger partial charge in [-0.25, -0.2) is 0 Å². The number of hydrogen-bond donors (Lipinski definition) is 2. The molecule has 0 aliphatic rings. The molecule has 0 fully saturated rings. The second-order valence-corrected chi connectivity index (χ2v) is 7.89. The smallest absolute Gasteiger partial charge is 0.238 e. The van der Waals surface area contributed by atoms with Gasteiger partial charge in [-0.1, -0.05) is 31.8 Å². The van der Waals surface area contributed by atoms with Crippen molar-refractivity contribution in [2.75, 3.05) is 11.1 Å². The minimum absolute atomic E-state index is 0.0334. The number of hydrogen-bond acceptors (Lipinski definition) is 5. The van der Waals surface area contributed by atoms with Crippen LogP contribution >= 0.6 is 11.8 Å². The van der Waals surface area contributed by atoms with Crippen LogP contribution in [-0.2, 0) is 9.59 Å². The second kappa shape index (κ2) is 10.4. The summed E-state index contributed by atoms with van der Waals surface area (Å²) < 4.78 is 4.90. The lowest BCUT2D eigenvalue weighted by Gasteiger charge is -2.15. The van der Waals surface area contributed by atoms with Crippen molar-refractivity contribution in [3.8, 4) is 0 Å². The normalized spacial score (nSPS) is 13.6. The van der Waals surface area contributed by atoms with Crippen LogP contribution in [0.1, 0.15) is 52.7 Å². The molecule has 136 valence electrons. The van der Waals surface area contributed by atoms with Gasteiger partial charge in [0.05, 0.1) is 11.0 Å². The number of thioether (sulfide) groups is 1. The van der Waals surface area contributed by atoms with Gasteiger partial charge in [0.2, 0.25) is 11.8 Å². The predicted octanol–water partition coefficient (Wildman–Crippen LogP) is 3.37. The zero-order valence-electron chi connectivity index (χ0n) is 15.2. The molecule has 0 aliphatic heterocycles. The fourth-order valence-corrected chi connectivity index (χ4v) is 2.85. The Kier molecular flexibility index (Phi) is 8.89. The molecule has 0 saturated carbocycles. The highest BCUT2D eigenvalue weighted by Gasteiger charge is 2.17. The van der Waals surface area contributed by atoms with Gasteiger partial charge >= 0.3 is 0 Å². The van der Waals surface area contributed by atoms with Crippen LogP contribution in [0.4, 0.5) is 5.82 Å². The van der Waals surface area contributed by atoms with E-state index in [1.54, 1.807) is 19.9 Å². The average molecular weight is 356 g/mol. The lowest BCUT2D eigenvalue weighted by atomic mass is 10.0. The first-order valence-corrected chi connectivity index (χ1v) is 9.48. The first kappa shape index (κ1) is 20.5. The van der Waals surface area contributed by atoms with Gasteiger partial charge in [0.25, 0.3) is 0 Å². The van der Waals surface area contributed by atoms with Crippen LogP contribution in [-0.4, -0.2) is 34.0 Å². The molecule has 0 aliphatic carbocycles. The number of nitrogens with zero attached hydrogens (tertiary/aromatic N) is 1. The number of aryl methyl sites for hydroxylation is 1. The number of amides is 2. The summed E-state index contributed by atoms with van der Waals surface area (Å²) in [5.74, 6) is 1.77. The summed E-state index contributed by atoms with van der Waals surface area (Å²) in [4.78, 5) is 24.0.